The second-order valence-corrected chi connectivity index (χ2v) is 7.77. The van der Waals surface area contributed by atoms with Crippen LogP contribution in [0.2, 0.25) is 0 Å². The summed E-state index contributed by atoms with van der Waals surface area (Å²) in [6, 6.07) is 0. The van der Waals surface area contributed by atoms with E-state index in [4.69, 9.17) is 0 Å². The number of alkyl halides is 6. The molecule has 0 atom stereocenters. The highest BCUT2D eigenvalue weighted by molar-refractivity contribution is 7.76. The van der Waals surface area contributed by atoms with Gasteiger partial charge in [-0.1, -0.05) is 27.7 Å². The predicted molar refractivity (Wildman–Crippen MR) is 57.8 cm³/mol. The van der Waals surface area contributed by atoms with E-state index in [1.54, 1.807) is 0 Å². The Morgan fingerprint density at radius 3 is 1.28 bits per heavy atom. The van der Waals surface area contributed by atoms with Crippen molar-refractivity contribution in [1.29, 1.82) is 0 Å². The van der Waals surface area contributed by atoms with Crippen LogP contribution in [0.25, 0.3) is 0 Å². The molecule has 1 nitrogen and oxygen atoms in total. The number of rotatable bonds is 4. The highest BCUT2D eigenvalue weighted by atomic mass is 31.1. The Labute approximate surface area is 103 Å². The minimum Gasteiger partial charge on any atom is -0.294 e. The van der Waals surface area contributed by atoms with Gasteiger partial charge < -0.3 is 0 Å². The van der Waals surface area contributed by atoms with Crippen LogP contribution in [0, 0.1) is 5.92 Å². The highest BCUT2D eigenvalue weighted by Crippen LogP contribution is 2.54. The summed E-state index contributed by atoms with van der Waals surface area (Å²) in [4.78, 5) is 11.6. The maximum Gasteiger partial charge on any atom is 0.407 e. The topological polar surface area (TPSA) is 17.1 Å². The molecule has 0 bridgehead atoms. The molecule has 0 saturated carbocycles. The van der Waals surface area contributed by atoms with Crippen molar-refractivity contribution in [1.82, 2.24) is 0 Å². The van der Waals surface area contributed by atoms with Crippen molar-refractivity contribution >= 4 is 13.4 Å². The van der Waals surface area contributed by atoms with Gasteiger partial charge >= 0.3 is 12.4 Å². The van der Waals surface area contributed by atoms with Crippen LogP contribution in [0.15, 0.2) is 0 Å². The average molecular weight is 296 g/mol. The smallest absolute Gasteiger partial charge is 0.294 e. The van der Waals surface area contributed by atoms with E-state index in [0.29, 0.717) is 0 Å². The van der Waals surface area contributed by atoms with Crippen LogP contribution in [-0.4, -0.2) is 29.2 Å². The second kappa shape index (κ2) is 5.76. The first-order chi connectivity index (χ1) is 7.80. The second-order valence-electron chi connectivity index (χ2n) is 4.45. The third kappa shape index (κ3) is 4.41. The van der Waals surface area contributed by atoms with E-state index in [1.807, 2.05) is 0 Å². The molecule has 0 N–H and O–H groups in total. The number of hydrogen-bond donors (Lipinski definition) is 0. The van der Waals surface area contributed by atoms with Crippen LogP contribution >= 0.6 is 7.92 Å². The Bertz CT molecular complexity index is 272. The summed E-state index contributed by atoms with van der Waals surface area (Å²) in [6.07, 6.45) is -11.2. The van der Waals surface area contributed by atoms with Gasteiger partial charge in [-0.15, -0.1) is 0 Å². The Balaban J connectivity index is 5.46. The maximum atomic E-state index is 12.4. The van der Waals surface area contributed by atoms with Crippen LogP contribution in [-0.2, 0) is 4.79 Å². The quantitative estimate of drug-likeness (QED) is 0.549. The molecule has 0 radical (unpaired) electrons. The molecule has 0 aliphatic carbocycles. The van der Waals surface area contributed by atoms with E-state index in [2.05, 4.69) is 0 Å². The SMILES string of the molecule is CC(C)P(C(=O)C(C(F)(F)F)C(F)(F)F)C(C)C. The minimum atomic E-state index is -5.58. The first kappa shape index (κ1) is 17.7. The molecule has 0 unspecified atom stereocenters. The molecule has 18 heavy (non-hydrogen) atoms. The lowest BCUT2D eigenvalue weighted by atomic mass is 10.1. The number of carbonyl (C=O) groups is 1. The molecule has 0 aromatic rings. The number of hydrogen-bond acceptors (Lipinski definition) is 1. The van der Waals surface area contributed by atoms with Crippen molar-refractivity contribution in [2.24, 2.45) is 5.92 Å². The van der Waals surface area contributed by atoms with Crippen LogP contribution in [0.1, 0.15) is 27.7 Å². The first-order valence-corrected chi connectivity index (χ1v) is 6.73. The fraction of sp³-hybridized carbons (Fsp3) is 0.900. The van der Waals surface area contributed by atoms with Crippen molar-refractivity contribution in [3.63, 3.8) is 0 Å². The lowest BCUT2D eigenvalue weighted by Gasteiger charge is -2.30. The summed E-state index contributed by atoms with van der Waals surface area (Å²) in [6.45, 7) is 5.86. The molecule has 108 valence electrons. The van der Waals surface area contributed by atoms with E-state index in [-0.39, 0.29) is 0 Å². The number of halogens is 6. The van der Waals surface area contributed by atoms with Crippen molar-refractivity contribution < 1.29 is 31.1 Å². The Morgan fingerprint density at radius 1 is 0.833 bits per heavy atom. The van der Waals surface area contributed by atoms with Gasteiger partial charge in [-0.25, -0.2) is 0 Å². The fourth-order valence-corrected chi connectivity index (χ4v) is 4.52. The van der Waals surface area contributed by atoms with Gasteiger partial charge in [0.25, 0.3) is 0 Å². The van der Waals surface area contributed by atoms with Gasteiger partial charge in [0.15, 0.2) is 5.52 Å². The summed E-state index contributed by atoms with van der Waals surface area (Å²) in [5.41, 5.74) is -2.76. The monoisotopic (exact) mass is 296 g/mol. The van der Waals surface area contributed by atoms with Gasteiger partial charge in [0, 0.05) is 0 Å². The molecule has 8 heteroatoms. The van der Waals surface area contributed by atoms with Crippen LogP contribution in [0.4, 0.5) is 26.3 Å². The van der Waals surface area contributed by atoms with Gasteiger partial charge in [-0.05, 0) is 19.2 Å². The molecule has 0 aromatic heterocycles. The van der Waals surface area contributed by atoms with Crippen molar-refractivity contribution in [2.75, 3.05) is 0 Å². The standard InChI is InChI=1S/C10H15F6OP/c1-5(2)18(6(3)4)8(17)7(9(11,12)13)10(14,15)16/h5-7H,1-4H3. The van der Waals surface area contributed by atoms with E-state index in [0.717, 1.165) is 0 Å². The first-order valence-electron chi connectivity index (χ1n) is 5.25. The van der Waals surface area contributed by atoms with E-state index in [9.17, 15) is 31.1 Å². The molecule has 0 heterocycles. The molecule has 0 rings (SSSR count). The van der Waals surface area contributed by atoms with Gasteiger partial charge in [-0.2, -0.15) is 26.3 Å². The summed E-state index contributed by atoms with van der Waals surface area (Å²) >= 11 is 0. The zero-order valence-corrected chi connectivity index (χ0v) is 11.2. The van der Waals surface area contributed by atoms with E-state index < -0.39 is 43.0 Å². The number of carbonyl (C=O) groups excluding carboxylic acids is 1. The highest BCUT2D eigenvalue weighted by Gasteiger charge is 2.62. The van der Waals surface area contributed by atoms with Gasteiger partial charge in [0.2, 0.25) is 5.92 Å². The molecule has 0 aromatic carbocycles. The van der Waals surface area contributed by atoms with Crippen molar-refractivity contribution in [3.8, 4) is 0 Å². The predicted octanol–water partition coefficient (Wildman–Crippen LogP) is 4.55. The van der Waals surface area contributed by atoms with Crippen LogP contribution in [0.3, 0.4) is 0 Å². The van der Waals surface area contributed by atoms with Crippen molar-refractivity contribution in [2.45, 2.75) is 51.4 Å². The normalized spacial score (nSPS) is 14.1. The molecule has 0 aliphatic rings. The molecule has 0 amide bonds. The summed E-state index contributed by atoms with van der Waals surface area (Å²) in [7, 11) is -1.99. The summed E-state index contributed by atoms with van der Waals surface area (Å²) in [5, 5.41) is 0. The Morgan fingerprint density at radius 2 is 1.11 bits per heavy atom. The molecule has 0 spiro atoms. The van der Waals surface area contributed by atoms with Crippen LogP contribution in [0.5, 0.6) is 0 Å². The van der Waals surface area contributed by atoms with Crippen LogP contribution < -0.4 is 0 Å². The Kier molecular flexibility index (Phi) is 5.66. The van der Waals surface area contributed by atoms with Gasteiger partial charge in [0.1, 0.15) is 0 Å². The van der Waals surface area contributed by atoms with E-state index >= 15 is 0 Å². The molecule has 0 fully saturated rings. The van der Waals surface area contributed by atoms with Gasteiger partial charge in [-0.3, -0.25) is 4.79 Å². The fourth-order valence-electron chi connectivity index (χ4n) is 1.72. The minimum absolute atomic E-state index is 0.514. The largest absolute Gasteiger partial charge is 0.407 e. The summed E-state index contributed by atoms with van der Waals surface area (Å²) < 4.78 is 74.5. The summed E-state index contributed by atoms with van der Waals surface area (Å²) in [5.74, 6) is -3.86. The zero-order valence-electron chi connectivity index (χ0n) is 10.4. The molecular formula is C10H15F6OP. The lowest BCUT2D eigenvalue weighted by molar-refractivity contribution is -0.270. The van der Waals surface area contributed by atoms with Gasteiger partial charge in [0.05, 0.1) is 0 Å². The average Bonchev–Trinajstić information content (AvgIpc) is 1.93. The van der Waals surface area contributed by atoms with E-state index in [1.165, 1.54) is 27.7 Å². The zero-order chi connectivity index (χ0) is 14.9. The molecular weight excluding hydrogens is 281 g/mol. The molecule has 0 saturated heterocycles. The van der Waals surface area contributed by atoms with Crippen molar-refractivity contribution in [3.05, 3.63) is 0 Å². The maximum absolute atomic E-state index is 12.4. The molecule has 0 aliphatic heterocycles. The Hall–Kier alpha value is -0.320. The third-order valence-electron chi connectivity index (χ3n) is 2.27. The lowest BCUT2D eigenvalue weighted by Crippen LogP contribution is -2.42. The third-order valence-corrected chi connectivity index (χ3v) is 5.26.